The largest absolute Gasteiger partial charge is 0.456 e. The van der Waals surface area contributed by atoms with Crippen LogP contribution in [0.3, 0.4) is 0 Å². The van der Waals surface area contributed by atoms with Crippen molar-refractivity contribution in [3.8, 4) is 34.4 Å². The lowest BCUT2D eigenvalue weighted by Gasteiger charge is -2.13. The Morgan fingerprint density at radius 2 is 1.09 bits per heavy atom. The number of furan rings is 2. The molecule has 0 amide bonds. The van der Waals surface area contributed by atoms with E-state index < -0.39 is 0 Å². The van der Waals surface area contributed by atoms with E-state index in [0.29, 0.717) is 17.6 Å². The third-order valence-corrected chi connectivity index (χ3v) is 11.9. The third-order valence-electron chi connectivity index (χ3n) is 11.9. The molecule has 58 heavy (non-hydrogen) atoms. The lowest BCUT2D eigenvalue weighted by atomic mass is 10.0. The standard InChI is InChI=1S/C51H31N5O2/c1-6-19-38-31(13-1)32-14-2-7-20-39(32)55(38)42-23-12-26-45-48(42)36-28-27-30(29-46(36)58-45)49-52-50(37-18-11-25-44-47(37)35-17-5-10-24-43(35)57-44)54-51(53-49)56-40-21-8-3-15-33(40)34-16-4-9-22-41(34)56/h1,3-13,15-29H,2,14H2. The molecule has 272 valence electrons. The molecule has 0 bridgehead atoms. The molecule has 12 aromatic rings. The number of aryl methyl sites for hydroxylation is 1. The molecule has 0 N–H and O–H groups in total. The zero-order valence-electron chi connectivity index (χ0n) is 31.1. The fraction of sp³-hybridized carbons (Fsp3) is 0.0392. The normalized spacial score (nSPS) is 13.0. The van der Waals surface area contributed by atoms with Gasteiger partial charge in [-0.15, -0.1) is 0 Å². The average molecular weight is 746 g/mol. The van der Waals surface area contributed by atoms with Crippen LogP contribution in [0.1, 0.15) is 17.7 Å². The van der Waals surface area contributed by atoms with Gasteiger partial charge in [-0.05, 0) is 79.1 Å². The van der Waals surface area contributed by atoms with Crippen molar-refractivity contribution in [1.82, 2.24) is 24.1 Å². The van der Waals surface area contributed by atoms with Crippen molar-refractivity contribution in [3.63, 3.8) is 0 Å². The molecule has 0 saturated carbocycles. The fourth-order valence-corrected chi connectivity index (χ4v) is 9.39. The Hall–Kier alpha value is -7.77. The predicted octanol–water partition coefficient (Wildman–Crippen LogP) is 13.0. The van der Waals surface area contributed by atoms with Gasteiger partial charge >= 0.3 is 0 Å². The van der Waals surface area contributed by atoms with E-state index in [1.54, 1.807) is 0 Å². The summed E-state index contributed by atoms with van der Waals surface area (Å²) in [5, 5.41) is 7.67. The van der Waals surface area contributed by atoms with Crippen LogP contribution in [0.4, 0.5) is 0 Å². The van der Waals surface area contributed by atoms with Crippen molar-refractivity contribution in [2.75, 3.05) is 0 Å². The second-order valence-electron chi connectivity index (χ2n) is 15.0. The number of aromatic nitrogens is 5. The lowest BCUT2D eigenvalue weighted by Crippen LogP contribution is -2.06. The highest BCUT2D eigenvalue weighted by Gasteiger charge is 2.23. The van der Waals surface area contributed by atoms with Gasteiger partial charge in [-0.25, -0.2) is 4.98 Å². The number of rotatable bonds is 4. The highest BCUT2D eigenvalue weighted by atomic mass is 16.3. The number of allylic oxidation sites excluding steroid dienone is 1. The van der Waals surface area contributed by atoms with Gasteiger partial charge in [0.05, 0.1) is 27.6 Å². The minimum absolute atomic E-state index is 0.534. The number of hydrogen-bond donors (Lipinski definition) is 0. The molecule has 1 aliphatic rings. The monoisotopic (exact) mass is 745 g/mol. The van der Waals surface area contributed by atoms with Gasteiger partial charge in [0.2, 0.25) is 5.95 Å². The molecular weight excluding hydrogens is 715 g/mol. The molecule has 0 unspecified atom stereocenters. The van der Waals surface area contributed by atoms with Gasteiger partial charge in [-0.1, -0.05) is 103 Å². The summed E-state index contributed by atoms with van der Waals surface area (Å²) in [6.07, 6.45) is 6.63. The summed E-state index contributed by atoms with van der Waals surface area (Å²) in [7, 11) is 0. The Balaban J connectivity index is 1.06. The highest BCUT2D eigenvalue weighted by molar-refractivity contribution is 6.13. The van der Waals surface area contributed by atoms with E-state index in [9.17, 15) is 0 Å². The average Bonchev–Trinajstić information content (AvgIpc) is 4.03. The van der Waals surface area contributed by atoms with Gasteiger partial charge in [-0.2, -0.15) is 9.97 Å². The van der Waals surface area contributed by atoms with Crippen LogP contribution in [0, 0.1) is 0 Å². The number of nitrogens with zero attached hydrogens (tertiary/aromatic N) is 5. The second kappa shape index (κ2) is 11.9. The van der Waals surface area contributed by atoms with Crippen molar-refractivity contribution < 1.29 is 8.83 Å². The predicted molar refractivity (Wildman–Crippen MR) is 234 cm³/mol. The molecule has 5 heterocycles. The topological polar surface area (TPSA) is 74.8 Å². The Labute approximate surface area is 330 Å². The molecule has 0 saturated heterocycles. The van der Waals surface area contributed by atoms with Gasteiger partial charge in [0, 0.05) is 49.1 Å². The molecule has 7 aromatic carbocycles. The molecule has 0 spiro atoms. The van der Waals surface area contributed by atoms with Crippen LogP contribution in [0.15, 0.2) is 167 Å². The molecule has 13 rings (SSSR count). The van der Waals surface area contributed by atoms with E-state index in [2.05, 4.69) is 143 Å². The molecule has 0 atom stereocenters. The summed E-state index contributed by atoms with van der Waals surface area (Å²) in [6.45, 7) is 0. The molecule has 0 radical (unpaired) electrons. The number of fused-ring (bicyclic) bond motifs is 12. The maximum Gasteiger partial charge on any atom is 0.238 e. The van der Waals surface area contributed by atoms with E-state index in [0.717, 1.165) is 95.3 Å². The first-order valence-electron chi connectivity index (χ1n) is 19.7. The smallest absolute Gasteiger partial charge is 0.238 e. The van der Waals surface area contributed by atoms with Crippen LogP contribution in [0.2, 0.25) is 0 Å². The first-order chi connectivity index (χ1) is 28.8. The summed E-state index contributed by atoms with van der Waals surface area (Å²) in [4.78, 5) is 15.8. The van der Waals surface area contributed by atoms with E-state index in [4.69, 9.17) is 23.8 Å². The van der Waals surface area contributed by atoms with Crippen LogP contribution in [0.5, 0.6) is 0 Å². The van der Waals surface area contributed by atoms with E-state index >= 15 is 0 Å². The lowest BCUT2D eigenvalue weighted by molar-refractivity contribution is 0.668. The summed E-state index contributed by atoms with van der Waals surface area (Å²) in [5.74, 6) is 1.64. The van der Waals surface area contributed by atoms with Gasteiger partial charge in [0.1, 0.15) is 22.3 Å². The van der Waals surface area contributed by atoms with Crippen LogP contribution < -0.4 is 0 Å². The summed E-state index contributed by atoms with van der Waals surface area (Å²) in [5.41, 5.74) is 11.9. The van der Waals surface area contributed by atoms with E-state index in [-0.39, 0.29) is 0 Å². The first kappa shape index (κ1) is 31.4. The first-order valence-corrected chi connectivity index (χ1v) is 19.7. The van der Waals surface area contributed by atoms with Crippen molar-refractivity contribution in [2.24, 2.45) is 0 Å². The summed E-state index contributed by atoms with van der Waals surface area (Å²) < 4.78 is 17.6. The van der Waals surface area contributed by atoms with Crippen LogP contribution >= 0.6 is 0 Å². The van der Waals surface area contributed by atoms with Crippen LogP contribution in [-0.4, -0.2) is 24.1 Å². The maximum absolute atomic E-state index is 6.72. The second-order valence-corrected chi connectivity index (χ2v) is 15.0. The third kappa shape index (κ3) is 4.41. The quantitative estimate of drug-likeness (QED) is 0.179. The highest BCUT2D eigenvalue weighted by Crippen LogP contribution is 2.41. The zero-order valence-corrected chi connectivity index (χ0v) is 31.1. The molecule has 0 aliphatic heterocycles. The SMILES string of the molecule is C1=Cc2c(c3ccccc3n2-c2cccc3oc4cc(-c5nc(-c6cccc7oc8ccccc8c67)nc(-n6c7ccccc7c7ccccc76)n5)ccc4c23)CC1. The van der Waals surface area contributed by atoms with Gasteiger partial charge in [0.25, 0.3) is 0 Å². The summed E-state index contributed by atoms with van der Waals surface area (Å²) in [6, 6.07) is 52.5. The summed E-state index contributed by atoms with van der Waals surface area (Å²) >= 11 is 0. The van der Waals surface area contributed by atoms with Crippen molar-refractivity contribution in [1.29, 1.82) is 0 Å². The van der Waals surface area contributed by atoms with E-state index in [1.165, 1.54) is 22.2 Å². The number of para-hydroxylation sites is 4. The number of hydrogen-bond acceptors (Lipinski definition) is 5. The van der Waals surface area contributed by atoms with Crippen LogP contribution in [-0.2, 0) is 6.42 Å². The zero-order chi connectivity index (χ0) is 37.9. The van der Waals surface area contributed by atoms with Crippen LogP contribution in [0.25, 0.3) is 117 Å². The Bertz CT molecular complexity index is 3660. The fourth-order valence-electron chi connectivity index (χ4n) is 9.39. The Morgan fingerprint density at radius 3 is 1.90 bits per heavy atom. The maximum atomic E-state index is 6.72. The van der Waals surface area contributed by atoms with Gasteiger partial charge < -0.3 is 13.4 Å². The molecule has 7 nitrogen and oxygen atoms in total. The molecule has 0 fully saturated rings. The molecule has 7 heteroatoms. The number of benzene rings is 7. The van der Waals surface area contributed by atoms with Gasteiger partial charge in [0.15, 0.2) is 11.6 Å². The minimum Gasteiger partial charge on any atom is -0.456 e. The van der Waals surface area contributed by atoms with Crippen molar-refractivity contribution >= 4 is 82.7 Å². The van der Waals surface area contributed by atoms with Gasteiger partial charge in [-0.3, -0.25) is 4.57 Å². The minimum atomic E-state index is 0.534. The molecule has 5 aromatic heterocycles. The Morgan fingerprint density at radius 1 is 0.466 bits per heavy atom. The van der Waals surface area contributed by atoms with Crippen molar-refractivity contribution in [2.45, 2.75) is 12.8 Å². The molecule has 1 aliphatic carbocycles. The van der Waals surface area contributed by atoms with Crippen molar-refractivity contribution in [3.05, 3.63) is 169 Å². The van der Waals surface area contributed by atoms with E-state index in [1.807, 2.05) is 30.3 Å². The Kier molecular flexibility index (Phi) is 6.43. The molecular formula is C51H31N5O2.